The minimum absolute atomic E-state index is 0.0620. The average Bonchev–Trinajstić information content (AvgIpc) is 2.62. The van der Waals surface area contributed by atoms with Gasteiger partial charge in [-0.3, -0.25) is 4.79 Å². The molecule has 0 aliphatic carbocycles. The first kappa shape index (κ1) is 11.7. The average molecular weight is 229 g/mol. The van der Waals surface area contributed by atoms with Gasteiger partial charge in [-0.2, -0.15) is 0 Å². The molecule has 0 saturated heterocycles. The first-order chi connectivity index (χ1) is 7.15. The predicted molar refractivity (Wildman–Crippen MR) is 56.4 cm³/mol. The van der Waals surface area contributed by atoms with Gasteiger partial charge in [0.25, 0.3) is 5.91 Å². The van der Waals surface area contributed by atoms with Crippen molar-refractivity contribution in [2.45, 2.75) is 6.92 Å². The van der Waals surface area contributed by atoms with Crippen LogP contribution in [0.15, 0.2) is 11.4 Å². The summed E-state index contributed by atoms with van der Waals surface area (Å²) in [4.78, 5) is 21.9. The summed E-state index contributed by atoms with van der Waals surface area (Å²) in [5.74, 6) is -1.40. The SMILES string of the molecule is CCOCC(=O)Nc1sccc1C(=O)O. The summed E-state index contributed by atoms with van der Waals surface area (Å²) in [6, 6.07) is 1.45. The van der Waals surface area contributed by atoms with Crippen molar-refractivity contribution >= 4 is 28.2 Å². The highest BCUT2D eigenvalue weighted by Crippen LogP contribution is 2.22. The van der Waals surface area contributed by atoms with E-state index in [1.54, 1.807) is 12.3 Å². The first-order valence-electron chi connectivity index (χ1n) is 4.33. The molecule has 5 nitrogen and oxygen atoms in total. The third kappa shape index (κ3) is 3.34. The van der Waals surface area contributed by atoms with Crippen LogP contribution in [0.1, 0.15) is 17.3 Å². The Kier molecular flexibility index (Phi) is 4.26. The molecule has 1 aromatic rings. The van der Waals surface area contributed by atoms with Crippen LogP contribution in [0, 0.1) is 0 Å². The van der Waals surface area contributed by atoms with Crippen LogP contribution in [-0.2, 0) is 9.53 Å². The number of thiophene rings is 1. The fourth-order valence-corrected chi connectivity index (χ4v) is 1.73. The number of hydrogen-bond acceptors (Lipinski definition) is 4. The molecule has 0 saturated carbocycles. The molecule has 0 unspecified atom stereocenters. The van der Waals surface area contributed by atoms with Crippen molar-refractivity contribution in [3.05, 3.63) is 17.0 Å². The molecule has 2 N–H and O–H groups in total. The number of carboxylic acid groups (broad SMARTS) is 1. The highest BCUT2D eigenvalue weighted by Gasteiger charge is 2.13. The van der Waals surface area contributed by atoms with Gasteiger partial charge in [0.15, 0.2) is 0 Å². The number of carbonyl (C=O) groups excluding carboxylic acids is 1. The Morgan fingerprint density at radius 2 is 2.33 bits per heavy atom. The van der Waals surface area contributed by atoms with Gasteiger partial charge in [0.05, 0.1) is 5.56 Å². The summed E-state index contributed by atoms with van der Waals surface area (Å²) in [5, 5.41) is 13.2. The largest absolute Gasteiger partial charge is 0.478 e. The van der Waals surface area contributed by atoms with E-state index >= 15 is 0 Å². The van der Waals surface area contributed by atoms with Crippen LogP contribution in [-0.4, -0.2) is 30.2 Å². The molecule has 0 atom stereocenters. The zero-order chi connectivity index (χ0) is 11.3. The van der Waals surface area contributed by atoms with Gasteiger partial charge in [0.1, 0.15) is 11.6 Å². The van der Waals surface area contributed by atoms with Crippen LogP contribution >= 0.6 is 11.3 Å². The molecule has 0 fully saturated rings. The number of carbonyl (C=O) groups is 2. The zero-order valence-corrected chi connectivity index (χ0v) is 8.97. The number of ether oxygens (including phenoxy) is 1. The van der Waals surface area contributed by atoms with Crippen LogP contribution in [0.3, 0.4) is 0 Å². The molecular formula is C9H11NO4S. The van der Waals surface area contributed by atoms with Crippen LogP contribution in [0.2, 0.25) is 0 Å². The molecule has 1 rings (SSSR count). The smallest absolute Gasteiger partial charge is 0.338 e. The van der Waals surface area contributed by atoms with E-state index < -0.39 is 5.97 Å². The Hall–Kier alpha value is -1.40. The second kappa shape index (κ2) is 5.47. The summed E-state index contributed by atoms with van der Waals surface area (Å²) in [6.07, 6.45) is 0. The van der Waals surface area contributed by atoms with Crippen molar-refractivity contribution in [1.82, 2.24) is 0 Å². The second-order valence-corrected chi connectivity index (χ2v) is 3.57. The van der Waals surface area contributed by atoms with Crippen LogP contribution in [0.4, 0.5) is 5.00 Å². The molecular weight excluding hydrogens is 218 g/mol. The van der Waals surface area contributed by atoms with Crippen molar-refractivity contribution < 1.29 is 19.4 Å². The van der Waals surface area contributed by atoms with Gasteiger partial charge in [-0.1, -0.05) is 0 Å². The number of anilines is 1. The van der Waals surface area contributed by atoms with Crippen LogP contribution in [0.5, 0.6) is 0 Å². The van der Waals surface area contributed by atoms with E-state index in [9.17, 15) is 9.59 Å². The molecule has 0 spiro atoms. The van der Waals surface area contributed by atoms with Gasteiger partial charge in [-0.15, -0.1) is 11.3 Å². The maximum Gasteiger partial charge on any atom is 0.338 e. The van der Waals surface area contributed by atoms with Crippen molar-refractivity contribution in [1.29, 1.82) is 0 Å². The van der Waals surface area contributed by atoms with E-state index in [0.29, 0.717) is 11.6 Å². The van der Waals surface area contributed by atoms with E-state index in [-0.39, 0.29) is 18.1 Å². The maximum atomic E-state index is 11.2. The zero-order valence-electron chi connectivity index (χ0n) is 8.15. The van der Waals surface area contributed by atoms with Crippen molar-refractivity contribution in [3.63, 3.8) is 0 Å². The molecule has 15 heavy (non-hydrogen) atoms. The molecule has 82 valence electrons. The number of rotatable bonds is 5. The predicted octanol–water partition coefficient (Wildman–Crippen LogP) is 1.42. The molecule has 0 aromatic carbocycles. The van der Waals surface area contributed by atoms with Gasteiger partial charge < -0.3 is 15.2 Å². The van der Waals surface area contributed by atoms with E-state index in [4.69, 9.17) is 9.84 Å². The van der Waals surface area contributed by atoms with Crippen molar-refractivity contribution in [3.8, 4) is 0 Å². The van der Waals surface area contributed by atoms with Gasteiger partial charge >= 0.3 is 5.97 Å². The normalized spacial score (nSPS) is 9.93. The standard InChI is InChI=1S/C9H11NO4S/c1-2-14-5-7(11)10-8-6(9(12)13)3-4-15-8/h3-4H,2,5H2,1H3,(H,10,11)(H,12,13). The summed E-state index contributed by atoms with van der Waals surface area (Å²) in [5.41, 5.74) is 0.102. The van der Waals surface area contributed by atoms with Crippen LogP contribution in [0.25, 0.3) is 0 Å². The highest BCUT2D eigenvalue weighted by atomic mass is 32.1. The Morgan fingerprint density at radius 1 is 1.60 bits per heavy atom. The molecule has 0 aliphatic heterocycles. The van der Waals surface area contributed by atoms with Gasteiger partial charge in [0, 0.05) is 6.61 Å². The minimum atomic E-state index is -1.05. The lowest BCUT2D eigenvalue weighted by molar-refractivity contribution is -0.120. The van der Waals surface area contributed by atoms with E-state index in [0.717, 1.165) is 0 Å². The molecule has 0 radical (unpaired) electrons. The van der Waals surface area contributed by atoms with Crippen molar-refractivity contribution in [2.75, 3.05) is 18.5 Å². The Balaban J connectivity index is 2.60. The second-order valence-electron chi connectivity index (χ2n) is 2.65. The molecule has 1 heterocycles. The Bertz CT molecular complexity index is 361. The Morgan fingerprint density at radius 3 is 2.93 bits per heavy atom. The lowest BCUT2D eigenvalue weighted by atomic mass is 10.3. The molecule has 6 heteroatoms. The molecule has 0 bridgehead atoms. The van der Waals surface area contributed by atoms with Gasteiger partial charge in [0.2, 0.25) is 0 Å². The monoisotopic (exact) mass is 229 g/mol. The summed E-state index contributed by atoms with van der Waals surface area (Å²) >= 11 is 1.17. The number of nitrogens with one attached hydrogen (secondary N) is 1. The number of amides is 1. The van der Waals surface area contributed by atoms with Crippen molar-refractivity contribution in [2.24, 2.45) is 0 Å². The number of hydrogen-bond donors (Lipinski definition) is 2. The van der Waals surface area contributed by atoms with E-state index in [2.05, 4.69) is 5.32 Å². The quantitative estimate of drug-likeness (QED) is 0.800. The minimum Gasteiger partial charge on any atom is -0.478 e. The highest BCUT2D eigenvalue weighted by molar-refractivity contribution is 7.14. The first-order valence-corrected chi connectivity index (χ1v) is 5.21. The summed E-state index contributed by atoms with van der Waals surface area (Å²) in [7, 11) is 0. The molecule has 0 aliphatic rings. The number of aromatic carboxylic acids is 1. The lowest BCUT2D eigenvalue weighted by Crippen LogP contribution is -2.18. The third-order valence-corrected chi connectivity index (χ3v) is 2.42. The Labute approximate surface area is 90.7 Å². The maximum absolute atomic E-state index is 11.2. The fourth-order valence-electron chi connectivity index (χ4n) is 0.932. The summed E-state index contributed by atoms with van der Waals surface area (Å²) < 4.78 is 4.89. The lowest BCUT2D eigenvalue weighted by Gasteiger charge is -2.03. The van der Waals surface area contributed by atoms with Gasteiger partial charge in [-0.25, -0.2) is 4.79 Å². The van der Waals surface area contributed by atoms with E-state index in [1.165, 1.54) is 17.4 Å². The number of carboxylic acids is 1. The summed E-state index contributed by atoms with van der Waals surface area (Å²) in [6.45, 7) is 2.16. The topological polar surface area (TPSA) is 75.6 Å². The van der Waals surface area contributed by atoms with E-state index in [1.807, 2.05) is 0 Å². The van der Waals surface area contributed by atoms with Crippen LogP contribution < -0.4 is 5.32 Å². The fraction of sp³-hybridized carbons (Fsp3) is 0.333. The molecule has 1 amide bonds. The molecule has 1 aromatic heterocycles. The van der Waals surface area contributed by atoms with Gasteiger partial charge in [-0.05, 0) is 18.4 Å². The third-order valence-electron chi connectivity index (χ3n) is 1.59.